The molecule has 0 spiro atoms. The average molecular weight is 407 g/mol. The van der Waals surface area contributed by atoms with E-state index < -0.39 is 17.5 Å². The molecule has 2 aliphatic rings. The van der Waals surface area contributed by atoms with Gasteiger partial charge in [-0.05, 0) is 99.2 Å². The summed E-state index contributed by atoms with van der Waals surface area (Å²) in [6.07, 6.45) is 20.7. The molecule has 1 aromatic carbocycles. The molecule has 0 radical (unpaired) electrons. The Morgan fingerprint density at radius 1 is 0.759 bits per heavy atom. The minimum Gasteiger partial charge on any atom is -0.204 e. The number of hydrogen-bond donors (Lipinski definition) is 0. The Bertz CT molecular complexity index is 627. The maximum atomic E-state index is 13.4. The summed E-state index contributed by atoms with van der Waals surface area (Å²) < 4.78 is 39.8. The first-order valence-corrected chi connectivity index (χ1v) is 11.8. The molecular weight excluding hydrogens is 369 g/mol. The zero-order chi connectivity index (χ0) is 20.6. The van der Waals surface area contributed by atoms with Crippen molar-refractivity contribution in [2.24, 2.45) is 23.7 Å². The summed E-state index contributed by atoms with van der Waals surface area (Å²) in [5.74, 6) is -0.126. The van der Waals surface area contributed by atoms with Crippen LogP contribution in [0, 0.1) is 41.1 Å². The summed E-state index contributed by atoms with van der Waals surface area (Å²) in [6, 6.07) is 2.31. The van der Waals surface area contributed by atoms with Crippen LogP contribution in [-0.2, 0) is 6.42 Å². The smallest absolute Gasteiger partial charge is 0.194 e. The molecule has 0 N–H and O–H groups in total. The normalized spacial score (nSPS) is 28.1. The molecule has 3 heteroatoms. The van der Waals surface area contributed by atoms with Crippen LogP contribution in [0.3, 0.4) is 0 Å². The van der Waals surface area contributed by atoms with Gasteiger partial charge in [0, 0.05) is 0 Å². The Morgan fingerprint density at radius 2 is 1.28 bits per heavy atom. The molecular formula is C26H37F3. The Balaban J connectivity index is 1.35. The van der Waals surface area contributed by atoms with Gasteiger partial charge in [-0.2, -0.15) is 0 Å². The van der Waals surface area contributed by atoms with Gasteiger partial charge in [0.05, 0.1) is 0 Å². The third-order valence-corrected chi connectivity index (χ3v) is 7.48. The summed E-state index contributed by atoms with van der Waals surface area (Å²) in [5.41, 5.74) is 0.579. The molecule has 0 amide bonds. The largest absolute Gasteiger partial charge is 0.204 e. The van der Waals surface area contributed by atoms with Crippen LogP contribution < -0.4 is 0 Å². The van der Waals surface area contributed by atoms with Gasteiger partial charge in [0.25, 0.3) is 0 Å². The van der Waals surface area contributed by atoms with Gasteiger partial charge in [-0.15, -0.1) is 0 Å². The van der Waals surface area contributed by atoms with Crippen LogP contribution in [0.2, 0.25) is 0 Å². The maximum absolute atomic E-state index is 13.4. The second-order valence-corrected chi connectivity index (χ2v) is 9.43. The van der Waals surface area contributed by atoms with Gasteiger partial charge in [0.2, 0.25) is 0 Å². The monoisotopic (exact) mass is 406 g/mol. The van der Waals surface area contributed by atoms with Crippen LogP contribution in [0.5, 0.6) is 0 Å². The Labute approximate surface area is 175 Å². The van der Waals surface area contributed by atoms with E-state index in [0.29, 0.717) is 17.9 Å². The van der Waals surface area contributed by atoms with Gasteiger partial charge in [-0.1, -0.05) is 44.8 Å². The van der Waals surface area contributed by atoms with E-state index in [9.17, 15) is 13.2 Å². The van der Waals surface area contributed by atoms with E-state index in [-0.39, 0.29) is 0 Å². The molecule has 3 rings (SSSR count). The van der Waals surface area contributed by atoms with Gasteiger partial charge in [0.1, 0.15) is 0 Å². The summed E-state index contributed by atoms with van der Waals surface area (Å²) >= 11 is 0. The Hall–Kier alpha value is -1.25. The summed E-state index contributed by atoms with van der Waals surface area (Å²) in [6.45, 7) is 2.19. The number of benzene rings is 1. The molecule has 2 aliphatic carbocycles. The first kappa shape index (κ1) is 22.4. The molecule has 0 saturated heterocycles. The fraction of sp³-hybridized carbons (Fsp3) is 0.692. The van der Waals surface area contributed by atoms with Crippen LogP contribution >= 0.6 is 0 Å². The number of allylic oxidation sites excluding steroid dienone is 2. The van der Waals surface area contributed by atoms with Crippen molar-refractivity contribution in [1.82, 2.24) is 0 Å². The summed E-state index contributed by atoms with van der Waals surface area (Å²) in [7, 11) is 0. The van der Waals surface area contributed by atoms with Gasteiger partial charge < -0.3 is 0 Å². The third-order valence-electron chi connectivity index (χ3n) is 7.48. The lowest BCUT2D eigenvalue weighted by molar-refractivity contribution is 0.141. The number of halogens is 3. The van der Waals surface area contributed by atoms with E-state index in [1.54, 1.807) is 0 Å². The first-order valence-electron chi connectivity index (χ1n) is 11.8. The molecule has 0 atom stereocenters. The molecule has 0 heterocycles. The molecule has 0 unspecified atom stereocenters. The van der Waals surface area contributed by atoms with Crippen molar-refractivity contribution in [3.8, 4) is 0 Å². The van der Waals surface area contributed by atoms with Crippen LogP contribution in [0.4, 0.5) is 13.2 Å². The molecule has 0 bridgehead atoms. The molecule has 0 aliphatic heterocycles. The highest BCUT2D eigenvalue weighted by Gasteiger charge is 2.30. The van der Waals surface area contributed by atoms with E-state index in [2.05, 4.69) is 19.1 Å². The topological polar surface area (TPSA) is 0 Å². The van der Waals surface area contributed by atoms with Crippen molar-refractivity contribution < 1.29 is 13.2 Å². The fourth-order valence-electron chi connectivity index (χ4n) is 5.64. The van der Waals surface area contributed by atoms with Crippen LogP contribution in [0.15, 0.2) is 24.3 Å². The Kier molecular flexibility index (Phi) is 8.68. The highest BCUT2D eigenvalue weighted by Crippen LogP contribution is 2.43. The minimum absolute atomic E-state index is 0.579. The van der Waals surface area contributed by atoms with Crippen LogP contribution in [-0.4, -0.2) is 0 Å². The highest BCUT2D eigenvalue weighted by atomic mass is 19.2. The number of rotatable bonds is 8. The maximum Gasteiger partial charge on any atom is 0.194 e. The SMILES string of the molecule is CCC=CCCC1CCC(C2CCC(CCc3cc(F)c(F)c(F)c3)CC2)CC1. The van der Waals surface area contributed by atoms with E-state index >= 15 is 0 Å². The zero-order valence-electron chi connectivity index (χ0n) is 17.9. The predicted molar refractivity (Wildman–Crippen MR) is 114 cm³/mol. The second kappa shape index (κ2) is 11.2. The van der Waals surface area contributed by atoms with E-state index in [1.165, 1.54) is 64.2 Å². The lowest BCUT2D eigenvalue weighted by atomic mass is 9.68. The van der Waals surface area contributed by atoms with Crippen molar-refractivity contribution in [2.75, 3.05) is 0 Å². The van der Waals surface area contributed by atoms with Crippen molar-refractivity contribution in [1.29, 1.82) is 0 Å². The lowest BCUT2D eigenvalue weighted by Crippen LogP contribution is -2.26. The molecule has 162 valence electrons. The third kappa shape index (κ3) is 6.62. The fourth-order valence-corrected chi connectivity index (χ4v) is 5.64. The van der Waals surface area contributed by atoms with Gasteiger partial charge in [-0.3, -0.25) is 0 Å². The van der Waals surface area contributed by atoms with Gasteiger partial charge >= 0.3 is 0 Å². The van der Waals surface area contributed by atoms with E-state index in [1.807, 2.05) is 0 Å². The van der Waals surface area contributed by atoms with Crippen LogP contribution in [0.1, 0.15) is 89.5 Å². The molecule has 1 aromatic rings. The average Bonchev–Trinajstić information content (AvgIpc) is 2.74. The second-order valence-electron chi connectivity index (χ2n) is 9.43. The number of aryl methyl sites for hydroxylation is 1. The zero-order valence-corrected chi connectivity index (χ0v) is 17.9. The molecule has 2 saturated carbocycles. The van der Waals surface area contributed by atoms with Crippen molar-refractivity contribution >= 4 is 0 Å². The predicted octanol–water partition coefficient (Wildman–Crippen LogP) is 8.40. The molecule has 0 aromatic heterocycles. The molecule has 0 nitrogen and oxygen atoms in total. The lowest BCUT2D eigenvalue weighted by Gasteiger charge is -2.38. The van der Waals surface area contributed by atoms with E-state index in [0.717, 1.165) is 42.7 Å². The standard InChI is InChI=1S/C26H37F3/c1-2-3-4-5-6-19-9-13-22(14-10-19)23-15-11-20(12-16-23)7-8-21-17-24(27)26(29)25(28)18-21/h3-4,17-20,22-23H,2,5-16H2,1H3. The van der Waals surface area contributed by atoms with E-state index in [4.69, 9.17) is 0 Å². The van der Waals surface area contributed by atoms with Crippen molar-refractivity contribution in [2.45, 2.75) is 90.4 Å². The quantitative estimate of drug-likeness (QED) is 0.300. The van der Waals surface area contributed by atoms with Gasteiger partial charge in [-0.25, -0.2) is 13.2 Å². The molecule has 2 fully saturated rings. The number of hydrogen-bond acceptors (Lipinski definition) is 0. The minimum atomic E-state index is -1.36. The Morgan fingerprint density at radius 3 is 1.79 bits per heavy atom. The summed E-state index contributed by atoms with van der Waals surface area (Å²) in [4.78, 5) is 0. The molecule has 29 heavy (non-hydrogen) atoms. The highest BCUT2D eigenvalue weighted by molar-refractivity contribution is 5.19. The van der Waals surface area contributed by atoms with Crippen molar-refractivity contribution in [3.05, 3.63) is 47.3 Å². The van der Waals surface area contributed by atoms with Crippen molar-refractivity contribution in [3.63, 3.8) is 0 Å². The summed E-state index contributed by atoms with van der Waals surface area (Å²) in [5, 5.41) is 0. The van der Waals surface area contributed by atoms with Crippen LogP contribution in [0.25, 0.3) is 0 Å². The van der Waals surface area contributed by atoms with Gasteiger partial charge in [0.15, 0.2) is 17.5 Å². The first-order chi connectivity index (χ1) is 14.1.